The monoisotopic (exact) mass is 515 g/mol. The normalized spacial score (nSPS) is 11.3. The van der Waals surface area contributed by atoms with Crippen molar-refractivity contribution in [1.29, 1.82) is 0 Å². The number of imidazole rings is 1. The van der Waals surface area contributed by atoms with E-state index in [1.54, 1.807) is 0 Å². The van der Waals surface area contributed by atoms with Gasteiger partial charge in [-0.2, -0.15) is 13.2 Å². The summed E-state index contributed by atoms with van der Waals surface area (Å²) in [5.41, 5.74) is -3.12. The lowest BCUT2D eigenvalue weighted by Gasteiger charge is -2.17. The molecule has 4 aromatic rings. The molecular weight excluding hydrogens is 499 g/mol. The number of urea groups is 1. The van der Waals surface area contributed by atoms with E-state index in [0.29, 0.717) is 6.07 Å². The van der Waals surface area contributed by atoms with Crippen LogP contribution in [0.25, 0.3) is 16.6 Å². The van der Waals surface area contributed by atoms with Crippen molar-refractivity contribution < 1.29 is 37.8 Å². The molecule has 0 saturated carbocycles. The molecule has 0 fully saturated rings. The molecule has 190 valence electrons. The summed E-state index contributed by atoms with van der Waals surface area (Å²) in [6.45, 7) is -0.298. The van der Waals surface area contributed by atoms with E-state index in [1.165, 1.54) is 36.7 Å². The second-order valence-corrected chi connectivity index (χ2v) is 7.68. The number of hydrogen-bond acceptors (Lipinski definition) is 5. The van der Waals surface area contributed by atoms with Crippen LogP contribution in [0.1, 0.15) is 32.1 Å². The van der Waals surface area contributed by atoms with Crippen molar-refractivity contribution in [3.8, 4) is 5.69 Å². The van der Waals surface area contributed by atoms with Gasteiger partial charge >= 0.3 is 24.1 Å². The summed E-state index contributed by atoms with van der Waals surface area (Å²) in [5, 5.41) is 23.1. The van der Waals surface area contributed by atoms with Crippen molar-refractivity contribution in [2.24, 2.45) is 0 Å². The molecule has 0 bridgehead atoms. The molecule has 2 amide bonds. The Bertz CT molecular complexity index is 1590. The zero-order valence-corrected chi connectivity index (χ0v) is 18.5. The quantitative estimate of drug-likeness (QED) is 0.262. The van der Waals surface area contributed by atoms with Crippen LogP contribution >= 0.6 is 0 Å². The average molecular weight is 515 g/mol. The standard InChI is InChI=1S/C23H16F3N5O6/c24-23(25,26)15-9-16-12(7-14(21(35)36)19(32)30-16)8-17(15)31-6-5-27-18(31)10-28-22(37)29-13-3-1-11(2-4-13)20(33)34/h1-9H,10H2,(H,30,32)(H,33,34)(H,35,36)(H2,28,29,37). The SMILES string of the molecule is O=C(NCc1nccn1-c1cc2cc(C(=O)O)c(=O)[nH]c2cc1C(F)(F)F)Nc1ccc(C(=O)O)cc1. The van der Waals surface area contributed by atoms with E-state index in [0.717, 1.165) is 16.7 Å². The van der Waals surface area contributed by atoms with Gasteiger partial charge < -0.3 is 30.4 Å². The molecule has 0 unspecified atom stereocenters. The molecule has 0 aliphatic rings. The zero-order chi connectivity index (χ0) is 26.9. The van der Waals surface area contributed by atoms with E-state index in [4.69, 9.17) is 5.11 Å². The number of aromatic nitrogens is 3. The third-order valence-electron chi connectivity index (χ3n) is 5.27. The molecule has 0 spiro atoms. The highest BCUT2D eigenvalue weighted by atomic mass is 19.4. The number of carboxylic acids is 2. The number of aromatic carboxylic acids is 2. The van der Waals surface area contributed by atoms with Crippen LogP contribution in [-0.2, 0) is 12.7 Å². The minimum atomic E-state index is -4.85. The molecular formula is C23H16F3N5O6. The van der Waals surface area contributed by atoms with Crippen LogP contribution in [0, 0.1) is 0 Å². The average Bonchev–Trinajstić information content (AvgIpc) is 3.29. The minimum Gasteiger partial charge on any atom is -0.478 e. The molecule has 0 atom stereocenters. The second kappa shape index (κ2) is 9.49. The number of carbonyl (C=O) groups excluding carboxylic acids is 1. The Balaban J connectivity index is 1.63. The van der Waals surface area contributed by atoms with Crippen molar-refractivity contribution in [2.45, 2.75) is 12.7 Å². The van der Waals surface area contributed by atoms with E-state index in [2.05, 4.69) is 20.6 Å². The summed E-state index contributed by atoms with van der Waals surface area (Å²) in [6, 6.07) is 7.30. The molecule has 0 radical (unpaired) electrons. The van der Waals surface area contributed by atoms with E-state index in [9.17, 15) is 37.5 Å². The number of fused-ring (bicyclic) bond motifs is 1. The van der Waals surface area contributed by atoms with Gasteiger partial charge in [0.1, 0.15) is 11.4 Å². The van der Waals surface area contributed by atoms with Gasteiger partial charge in [-0.3, -0.25) is 4.79 Å². The van der Waals surface area contributed by atoms with Crippen molar-refractivity contribution in [2.75, 3.05) is 5.32 Å². The van der Waals surface area contributed by atoms with Gasteiger partial charge in [0.05, 0.1) is 23.4 Å². The molecule has 11 nitrogen and oxygen atoms in total. The van der Waals surface area contributed by atoms with Crippen LogP contribution in [0.3, 0.4) is 0 Å². The number of H-pyrrole nitrogens is 1. The number of pyridine rings is 1. The Hall–Kier alpha value is -5.14. The number of nitrogens with one attached hydrogen (secondary N) is 3. The Morgan fingerprint density at radius 1 is 1.03 bits per heavy atom. The smallest absolute Gasteiger partial charge is 0.418 e. The van der Waals surface area contributed by atoms with Gasteiger partial charge in [0.15, 0.2) is 0 Å². The predicted molar refractivity (Wildman–Crippen MR) is 123 cm³/mol. The number of halogens is 3. The molecule has 5 N–H and O–H groups in total. The van der Waals surface area contributed by atoms with Crippen LogP contribution in [0.2, 0.25) is 0 Å². The molecule has 2 heterocycles. The zero-order valence-electron chi connectivity index (χ0n) is 18.5. The highest BCUT2D eigenvalue weighted by Gasteiger charge is 2.35. The van der Waals surface area contributed by atoms with Crippen LogP contribution < -0.4 is 16.2 Å². The minimum absolute atomic E-state index is 0.0170. The fourth-order valence-corrected chi connectivity index (χ4v) is 3.54. The highest BCUT2D eigenvalue weighted by molar-refractivity contribution is 5.93. The Morgan fingerprint density at radius 2 is 1.73 bits per heavy atom. The first kappa shape index (κ1) is 25.0. The number of anilines is 1. The maximum atomic E-state index is 13.9. The van der Waals surface area contributed by atoms with Gasteiger partial charge in [0.25, 0.3) is 5.56 Å². The predicted octanol–water partition coefficient (Wildman–Crippen LogP) is 3.45. The number of alkyl halides is 3. The molecule has 0 aliphatic heterocycles. The summed E-state index contributed by atoms with van der Waals surface area (Å²) in [4.78, 5) is 52.6. The molecule has 2 aromatic carbocycles. The first-order chi connectivity index (χ1) is 17.4. The number of benzene rings is 2. The number of carbonyl (C=O) groups is 3. The van der Waals surface area contributed by atoms with Crippen LogP contribution in [0.15, 0.2) is 59.7 Å². The topological polar surface area (TPSA) is 166 Å². The maximum absolute atomic E-state index is 13.9. The van der Waals surface area contributed by atoms with Crippen molar-refractivity contribution in [3.05, 3.63) is 87.7 Å². The second-order valence-electron chi connectivity index (χ2n) is 7.68. The molecule has 37 heavy (non-hydrogen) atoms. The first-order valence-electron chi connectivity index (χ1n) is 10.4. The van der Waals surface area contributed by atoms with Gasteiger partial charge in [-0.15, -0.1) is 0 Å². The lowest BCUT2D eigenvalue weighted by Crippen LogP contribution is -2.29. The Labute approximate surface area is 204 Å². The van der Waals surface area contributed by atoms with Crippen LogP contribution in [-0.4, -0.2) is 42.7 Å². The number of hydrogen-bond donors (Lipinski definition) is 5. The van der Waals surface area contributed by atoms with Gasteiger partial charge in [0.2, 0.25) is 0 Å². The number of aromatic amines is 1. The number of nitrogens with zero attached hydrogens (tertiary/aromatic N) is 2. The number of rotatable bonds is 6. The lowest BCUT2D eigenvalue weighted by atomic mass is 10.1. The highest BCUT2D eigenvalue weighted by Crippen LogP contribution is 2.36. The summed E-state index contributed by atoms with van der Waals surface area (Å²) >= 11 is 0. The van der Waals surface area contributed by atoms with Gasteiger partial charge in [-0.05, 0) is 42.5 Å². The third-order valence-corrected chi connectivity index (χ3v) is 5.27. The van der Waals surface area contributed by atoms with Crippen molar-refractivity contribution >= 4 is 34.6 Å². The van der Waals surface area contributed by atoms with E-state index >= 15 is 0 Å². The lowest BCUT2D eigenvalue weighted by molar-refractivity contribution is -0.137. The van der Waals surface area contributed by atoms with Gasteiger partial charge in [-0.25, -0.2) is 19.4 Å². The Morgan fingerprint density at radius 3 is 2.35 bits per heavy atom. The van der Waals surface area contributed by atoms with Gasteiger partial charge in [0, 0.05) is 29.0 Å². The van der Waals surface area contributed by atoms with Crippen LogP contribution in [0.4, 0.5) is 23.7 Å². The summed E-state index contributed by atoms with van der Waals surface area (Å²) in [6.07, 6.45) is -2.39. The summed E-state index contributed by atoms with van der Waals surface area (Å²) in [5.74, 6) is -2.66. The summed E-state index contributed by atoms with van der Waals surface area (Å²) < 4.78 is 42.8. The number of carboxylic acid groups (broad SMARTS) is 2. The molecule has 4 rings (SSSR count). The fraction of sp³-hybridized carbons (Fsp3) is 0.0870. The molecule has 2 aromatic heterocycles. The van der Waals surface area contributed by atoms with Gasteiger partial charge in [-0.1, -0.05) is 0 Å². The molecule has 0 saturated heterocycles. The number of amides is 2. The van der Waals surface area contributed by atoms with E-state index < -0.39 is 46.5 Å². The third kappa shape index (κ3) is 5.27. The van der Waals surface area contributed by atoms with E-state index in [-0.39, 0.29) is 34.5 Å². The van der Waals surface area contributed by atoms with Crippen molar-refractivity contribution in [1.82, 2.24) is 19.9 Å². The summed E-state index contributed by atoms with van der Waals surface area (Å²) in [7, 11) is 0. The van der Waals surface area contributed by atoms with E-state index in [1.807, 2.05) is 0 Å². The first-order valence-corrected chi connectivity index (χ1v) is 10.4. The van der Waals surface area contributed by atoms with Crippen molar-refractivity contribution in [3.63, 3.8) is 0 Å². The van der Waals surface area contributed by atoms with Crippen LogP contribution in [0.5, 0.6) is 0 Å². The maximum Gasteiger partial charge on any atom is 0.418 e. The Kier molecular flexibility index (Phi) is 6.40. The fourth-order valence-electron chi connectivity index (χ4n) is 3.54. The molecule has 14 heteroatoms. The molecule has 0 aliphatic carbocycles. The largest absolute Gasteiger partial charge is 0.478 e.